The SMILES string of the molecule is Cc1cc(OCCc2scnc2C)c([C@@H](C)N)cc1F. The van der Waals surface area contributed by atoms with Gasteiger partial charge in [-0.15, -0.1) is 11.3 Å². The highest BCUT2D eigenvalue weighted by Gasteiger charge is 2.12. The van der Waals surface area contributed by atoms with Crippen LogP contribution in [0.1, 0.15) is 34.7 Å². The van der Waals surface area contributed by atoms with E-state index in [0.717, 1.165) is 12.1 Å². The van der Waals surface area contributed by atoms with Crippen LogP contribution in [0.15, 0.2) is 17.6 Å². The van der Waals surface area contributed by atoms with Crippen LogP contribution in [0.25, 0.3) is 0 Å². The highest BCUT2D eigenvalue weighted by Crippen LogP contribution is 2.27. The first kappa shape index (κ1) is 14.9. The monoisotopic (exact) mass is 294 g/mol. The highest BCUT2D eigenvalue weighted by atomic mass is 32.1. The van der Waals surface area contributed by atoms with Crippen molar-refractivity contribution >= 4 is 11.3 Å². The number of hydrogen-bond donors (Lipinski definition) is 1. The zero-order valence-corrected chi connectivity index (χ0v) is 12.8. The Balaban J connectivity index is 2.09. The normalized spacial score (nSPS) is 12.4. The summed E-state index contributed by atoms with van der Waals surface area (Å²) in [5, 5.41) is 0. The molecule has 0 aliphatic heterocycles. The zero-order valence-electron chi connectivity index (χ0n) is 11.9. The fraction of sp³-hybridized carbons (Fsp3) is 0.400. The molecular weight excluding hydrogens is 275 g/mol. The van der Waals surface area contributed by atoms with Gasteiger partial charge in [-0.05, 0) is 38.5 Å². The van der Waals surface area contributed by atoms with Crippen molar-refractivity contribution < 1.29 is 9.13 Å². The number of thiazole rings is 1. The molecule has 0 spiro atoms. The molecule has 108 valence electrons. The number of nitrogens with zero attached hydrogens (tertiary/aromatic N) is 1. The Labute approximate surface area is 122 Å². The fourth-order valence-corrected chi connectivity index (χ4v) is 2.73. The smallest absolute Gasteiger partial charge is 0.126 e. The number of halogens is 1. The predicted octanol–water partition coefficient (Wildman–Crippen LogP) is 3.54. The highest BCUT2D eigenvalue weighted by molar-refractivity contribution is 7.09. The van der Waals surface area contributed by atoms with Crippen LogP contribution in [0.3, 0.4) is 0 Å². The molecule has 2 N–H and O–H groups in total. The maximum atomic E-state index is 13.6. The van der Waals surface area contributed by atoms with Gasteiger partial charge in [0.1, 0.15) is 11.6 Å². The van der Waals surface area contributed by atoms with E-state index in [2.05, 4.69) is 4.98 Å². The third-order valence-electron chi connectivity index (χ3n) is 3.21. The summed E-state index contributed by atoms with van der Waals surface area (Å²) < 4.78 is 19.4. The van der Waals surface area contributed by atoms with Gasteiger partial charge in [-0.2, -0.15) is 0 Å². The summed E-state index contributed by atoms with van der Waals surface area (Å²) in [4.78, 5) is 5.42. The van der Waals surface area contributed by atoms with Gasteiger partial charge in [0.15, 0.2) is 0 Å². The van der Waals surface area contributed by atoms with E-state index in [1.807, 2.05) is 19.4 Å². The lowest BCUT2D eigenvalue weighted by Gasteiger charge is -2.15. The molecule has 2 aromatic rings. The summed E-state index contributed by atoms with van der Waals surface area (Å²) in [6.45, 7) is 6.07. The Hall–Kier alpha value is -1.46. The number of nitrogens with two attached hydrogens (primary N) is 1. The van der Waals surface area contributed by atoms with Crippen LogP contribution in [-0.4, -0.2) is 11.6 Å². The average Bonchev–Trinajstić information content (AvgIpc) is 2.79. The Bertz CT molecular complexity index is 596. The topological polar surface area (TPSA) is 48.1 Å². The maximum Gasteiger partial charge on any atom is 0.126 e. The third-order valence-corrected chi connectivity index (χ3v) is 4.21. The van der Waals surface area contributed by atoms with Gasteiger partial charge in [0.25, 0.3) is 0 Å². The minimum atomic E-state index is -0.259. The second kappa shape index (κ2) is 6.33. The summed E-state index contributed by atoms with van der Waals surface area (Å²) in [6.07, 6.45) is 0.797. The molecule has 0 aliphatic carbocycles. The van der Waals surface area contributed by atoms with E-state index in [0.29, 0.717) is 23.5 Å². The van der Waals surface area contributed by atoms with Crippen molar-refractivity contribution in [1.29, 1.82) is 0 Å². The second-order valence-electron chi connectivity index (χ2n) is 4.89. The Morgan fingerprint density at radius 3 is 2.75 bits per heavy atom. The summed E-state index contributed by atoms with van der Waals surface area (Å²) >= 11 is 1.62. The van der Waals surface area contributed by atoms with Crippen LogP contribution < -0.4 is 10.5 Å². The van der Waals surface area contributed by atoms with Gasteiger partial charge in [0, 0.05) is 22.9 Å². The van der Waals surface area contributed by atoms with Gasteiger partial charge in [-0.25, -0.2) is 9.37 Å². The standard InChI is InChI=1S/C15H19FN2OS/c1-9-6-14(12(10(2)17)7-13(9)16)19-5-4-15-11(3)18-8-20-15/h6-8,10H,4-5,17H2,1-3H3/t10-/m1/s1. The fourth-order valence-electron chi connectivity index (χ4n) is 1.97. The first-order valence-corrected chi connectivity index (χ1v) is 7.44. The molecule has 0 unspecified atom stereocenters. The van der Waals surface area contributed by atoms with Gasteiger partial charge in [-0.1, -0.05) is 0 Å². The van der Waals surface area contributed by atoms with Crippen LogP contribution >= 0.6 is 11.3 Å². The number of ether oxygens (including phenoxy) is 1. The molecule has 0 aliphatic rings. The molecule has 3 nitrogen and oxygen atoms in total. The van der Waals surface area contributed by atoms with E-state index in [1.54, 1.807) is 24.3 Å². The summed E-state index contributed by atoms with van der Waals surface area (Å²) in [6, 6.07) is 2.92. The molecule has 1 aromatic carbocycles. The minimum Gasteiger partial charge on any atom is -0.493 e. The number of aryl methyl sites for hydroxylation is 2. The van der Waals surface area contributed by atoms with Crippen molar-refractivity contribution in [2.45, 2.75) is 33.2 Å². The van der Waals surface area contributed by atoms with Crippen LogP contribution in [0.5, 0.6) is 5.75 Å². The van der Waals surface area contributed by atoms with Gasteiger partial charge in [0.2, 0.25) is 0 Å². The van der Waals surface area contributed by atoms with Gasteiger partial charge in [-0.3, -0.25) is 0 Å². The van der Waals surface area contributed by atoms with Crippen LogP contribution in [0.4, 0.5) is 4.39 Å². The van der Waals surface area contributed by atoms with Crippen LogP contribution in [0, 0.1) is 19.7 Å². The molecule has 0 radical (unpaired) electrons. The maximum absolute atomic E-state index is 13.6. The molecule has 0 saturated carbocycles. The molecule has 5 heteroatoms. The van der Waals surface area contributed by atoms with Crippen molar-refractivity contribution in [3.05, 3.63) is 45.2 Å². The molecule has 0 saturated heterocycles. The number of rotatable bonds is 5. The van der Waals surface area contributed by atoms with Crippen LogP contribution in [0.2, 0.25) is 0 Å². The summed E-state index contributed by atoms with van der Waals surface area (Å²) in [5.41, 5.74) is 10.0. The minimum absolute atomic E-state index is 0.247. The molecule has 0 amide bonds. The van der Waals surface area contributed by atoms with Gasteiger partial charge >= 0.3 is 0 Å². The molecule has 2 rings (SSSR count). The first-order valence-electron chi connectivity index (χ1n) is 6.56. The number of benzene rings is 1. The van der Waals surface area contributed by atoms with Crippen molar-refractivity contribution in [2.75, 3.05) is 6.61 Å². The van der Waals surface area contributed by atoms with Crippen molar-refractivity contribution in [2.24, 2.45) is 5.73 Å². The van der Waals surface area contributed by atoms with Crippen molar-refractivity contribution in [3.63, 3.8) is 0 Å². The van der Waals surface area contributed by atoms with Crippen molar-refractivity contribution in [3.8, 4) is 5.75 Å². The quantitative estimate of drug-likeness (QED) is 0.917. The summed E-state index contributed by atoms with van der Waals surface area (Å²) in [5.74, 6) is 0.420. The zero-order chi connectivity index (χ0) is 14.7. The average molecular weight is 294 g/mol. The van der Waals surface area contributed by atoms with Crippen molar-refractivity contribution in [1.82, 2.24) is 4.98 Å². The first-order chi connectivity index (χ1) is 9.49. The lowest BCUT2D eigenvalue weighted by atomic mass is 10.1. The molecule has 0 bridgehead atoms. The molecule has 1 aromatic heterocycles. The lowest BCUT2D eigenvalue weighted by molar-refractivity contribution is 0.317. The van der Waals surface area contributed by atoms with Crippen LogP contribution in [-0.2, 0) is 6.42 Å². The second-order valence-corrected chi connectivity index (χ2v) is 5.83. The Morgan fingerprint density at radius 2 is 2.15 bits per heavy atom. The van der Waals surface area contributed by atoms with Gasteiger partial charge < -0.3 is 10.5 Å². The van der Waals surface area contributed by atoms with E-state index < -0.39 is 0 Å². The van der Waals surface area contributed by atoms with E-state index >= 15 is 0 Å². The van der Waals surface area contributed by atoms with E-state index in [-0.39, 0.29) is 11.9 Å². The predicted molar refractivity (Wildman–Crippen MR) is 79.8 cm³/mol. The molecular formula is C15H19FN2OS. The number of aromatic nitrogens is 1. The molecule has 20 heavy (non-hydrogen) atoms. The number of hydrogen-bond acceptors (Lipinski definition) is 4. The Kier molecular flexibility index (Phi) is 4.73. The van der Waals surface area contributed by atoms with E-state index in [4.69, 9.17) is 10.5 Å². The Morgan fingerprint density at radius 1 is 1.40 bits per heavy atom. The van der Waals surface area contributed by atoms with Gasteiger partial charge in [0.05, 0.1) is 17.8 Å². The third kappa shape index (κ3) is 3.35. The van der Waals surface area contributed by atoms with E-state index in [9.17, 15) is 4.39 Å². The lowest BCUT2D eigenvalue weighted by Crippen LogP contribution is -2.10. The summed E-state index contributed by atoms with van der Waals surface area (Å²) in [7, 11) is 0. The van der Waals surface area contributed by atoms with E-state index in [1.165, 1.54) is 10.9 Å². The molecule has 1 heterocycles. The molecule has 0 fully saturated rings. The molecule has 1 atom stereocenters. The largest absolute Gasteiger partial charge is 0.493 e.